The smallest absolute Gasteiger partial charge is 0.221 e. The molecule has 2 N–H and O–H groups in total. The molecule has 18 heavy (non-hydrogen) atoms. The van der Waals surface area contributed by atoms with Gasteiger partial charge in [0, 0.05) is 23.6 Å². The van der Waals surface area contributed by atoms with Crippen molar-refractivity contribution in [3.05, 3.63) is 0 Å². The summed E-state index contributed by atoms with van der Waals surface area (Å²) in [6, 6.07) is 0.163. The van der Waals surface area contributed by atoms with E-state index in [1.54, 1.807) is 0 Å². The number of hydrogen-bond acceptors (Lipinski definition) is 3. The molecule has 1 rings (SSSR count). The maximum atomic E-state index is 11.8. The molecule has 3 nitrogen and oxygen atoms in total. The Hall–Kier alpha value is -0.220. The molecule has 0 bridgehead atoms. The van der Waals surface area contributed by atoms with Gasteiger partial charge in [0.05, 0.1) is 6.61 Å². The molecule has 0 saturated heterocycles. The number of nitrogens with one attached hydrogen (secondary N) is 1. The van der Waals surface area contributed by atoms with Gasteiger partial charge >= 0.3 is 0 Å². The fourth-order valence-corrected chi connectivity index (χ4v) is 3.47. The van der Waals surface area contributed by atoms with Gasteiger partial charge in [0.1, 0.15) is 0 Å². The Morgan fingerprint density at radius 2 is 2.28 bits per heavy atom. The van der Waals surface area contributed by atoms with Crippen LogP contribution in [0.5, 0.6) is 0 Å². The fraction of sp³-hybridized carbons (Fsp3) is 0.929. The van der Waals surface area contributed by atoms with Crippen LogP contribution < -0.4 is 5.32 Å². The van der Waals surface area contributed by atoms with E-state index in [1.807, 2.05) is 11.8 Å². The third kappa shape index (κ3) is 4.81. The number of thioether (sulfide) groups is 1. The minimum atomic E-state index is -0.106. The van der Waals surface area contributed by atoms with Crippen molar-refractivity contribution < 1.29 is 9.90 Å². The summed E-state index contributed by atoms with van der Waals surface area (Å²) in [5.74, 6) is 2.21. The lowest BCUT2D eigenvalue weighted by atomic mass is 9.86. The lowest BCUT2D eigenvalue weighted by Crippen LogP contribution is -2.44. The molecular weight excluding hydrogens is 246 g/mol. The monoisotopic (exact) mass is 273 g/mol. The summed E-state index contributed by atoms with van der Waals surface area (Å²) in [6.07, 6.45) is 6.18. The predicted octanol–water partition coefficient (Wildman–Crippen LogP) is 2.58. The Morgan fingerprint density at radius 3 is 2.94 bits per heavy atom. The Labute approximate surface area is 115 Å². The zero-order valence-corrected chi connectivity index (χ0v) is 12.5. The first kappa shape index (κ1) is 15.8. The van der Waals surface area contributed by atoms with E-state index in [1.165, 1.54) is 12.8 Å². The number of rotatable bonds is 8. The van der Waals surface area contributed by atoms with Crippen LogP contribution in [-0.2, 0) is 4.79 Å². The van der Waals surface area contributed by atoms with Crippen molar-refractivity contribution in [2.75, 3.05) is 18.1 Å². The molecule has 0 spiro atoms. The molecule has 106 valence electrons. The summed E-state index contributed by atoms with van der Waals surface area (Å²) >= 11 is 1.86. The summed E-state index contributed by atoms with van der Waals surface area (Å²) in [6.45, 7) is 4.42. The highest BCUT2D eigenvalue weighted by Crippen LogP contribution is 2.37. The van der Waals surface area contributed by atoms with Gasteiger partial charge in [0.25, 0.3) is 0 Å². The van der Waals surface area contributed by atoms with Gasteiger partial charge in [-0.3, -0.25) is 4.79 Å². The molecule has 0 aliphatic heterocycles. The molecule has 4 heteroatoms. The lowest BCUT2D eigenvalue weighted by molar-refractivity contribution is -0.122. The Bertz CT molecular complexity index is 260. The quantitative estimate of drug-likeness (QED) is 0.668. The second kappa shape index (κ2) is 8.05. The average molecular weight is 273 g/mol. The molecule has 1 amide bonds. The zero-order valence-electron chi connectivity index (χ0n) is 11.7. The third-order valence-electron chi connectivity index (χ3n) is 3.89. The Morgan fingerprint density at radius 1 is 1.50 bits per heavy atom. The maximum absolute atomic E-state index is 11.8. The molecule has 2 atom stereocenters. The summed E-state index contributed by atoms with van der Waals surface area (Å²) in [5.41, 5.74) is -0.106. The van der Waals surface area contributed by atoms with Crippen LogP contribution in [0.1, 0.15) is 52.4 Å². The molecule has 1 saturated carbocycles. The Kier molecular flexibility index (Phi) is 7.08. The van der Waals surface area contributed by atoms with E-state index >= 15 is 0 Å². The fourth-order valence-electron chi connectivity index (χ4n) is 2.45. The van der Waals surface area contributed by atoms with Gasteiger partial charge in [-0.25, -0.2) is 0 Å². The minimum Gasteiger partial charge on any atom is -0.396 e. The van der Waals surface area contributed by atoms with Crippen molar-refractivity contribution >= 4 is 17.7 Å². The van der Waals surface area contributed by atoms with Gasteiger partial charge < -0.3 is 10.4 Å². The molecule has 1 aliphatic carbocycles. The van der Waals surface area contributed by atoms with Crippen molar-refractivity contribution in [1.29, 1.82) is 0 Å². The van der Waals surface area contributed by atoms with Gasteiger partial charge in [-0.15, -0.1) is 0 Å². The van der Waals surface area contributed by atoms with E-state index in [-0.39, 0.29) is 24.0 Å². The molecule has 0 heterocycles. The topological polar surface area (TPSA) is 49.3 Å². The van der Waals surface area contributed by atoms with Crippen LogP contribution in [0, 0.1) is 5.41 Å². The van der Waals surface area contributed by atoms with Crippen molar-refractivity contribution in [3.8, 4) is 0 Å². The highest BCUT2D eigenvalue weighted by atomic mass is 32.2. The highest BCUT2D eigenvalue weighted by molar-refractivity contribution is 7.99. The second-order valence-electron chi connectivity index (χ2n) is 5.54. The van der Waals surface area contributed by atoms with Gasteiger partial charge in [-0.05, 0) is 25.0 Å². The standard InChI is InChI=1S/C14H27NO2S/c1-3-4-9-18-10-7-13(17)15-12-6-5-8-14(12,2)11-16/h12,16H,3-11H2,1-2H3,(H,15,17). The first-order valence-corrected chi connectivity index (χ1v) is 8.26. The summed E-state index contributed by atoms with van der Waals surface area (Å²) in [5, 5.41) is 12.5. The van der Waals surface area contributed by atoms with Crippen LogP contribution >= 0.6 is 11.8 Å². The summed E-state index contributed by atoms with van der Waals surface area (Å²) < 4.78 is 0. The average Bonchev–Trinajstić information content (AvgIpc) is 2.71. The number of amides is 1. The van der Waals surface area contributed by atoms with Crippen LogP contribution in [-0.4, -0.2) is 35.2 Å². The lowest BCUT2D eigenvalue weighted by Gasteiger charge is -2.30. The van der Waals surface area contributed by atoms with Gasteiger partial charge in [0.2, 0.25) is 5.91 Å². The van der Waals surface area contributed by atoms with E-state index in [2.05, 4.69) is 19.2 Å². The van der Waals surface area contributed by atoms with Crippen molar-refractivity contribution in [2.24, 2.45) is 5.41 Å². The second-order valence-corrected chi connectivity index (χ2v) is 6.77. The number of unbranched alkanes of at least 4 members (excludes halogenated alkanes) is 1. The molecule has 0 radical (unpaired) electrons. The maximum Gasteiger partial charge on any atom is 0.221 e. The zero-order chi connectivity index (χ0) is 13.4. The molecule has 0 aromatic rings. The van der Waals surface area contributed by atoms with E-state index in [0.717, 1.165) is 30.8 Å². The number of aliphatic hydroxyl groups is 1. The van der Waals surface area contributed by atoms with Crippen molar-refractivity contribution in [2.45, 2.75) is 58.4 Å². The number of aliphatic hydroxyl groups excluding tert-OH is 1. The number of hydrogen-bond donors (Lipinski definition) is 2. The van der Waals surface area contributed by atoms with Crippen LogP contribution in [0.25, 0.3) is 0 Å². The Balaban J connectivity index is 2.19. The van der Waals surface area contributed by atoms with Gasteiger partial charge in [-0.2, -0.15) is 11.8 Å². The van der Waals surface area contributed by atoms with Crippen LogP contribution in [0.2, 0.25) is 0 Å². The SMILES string of the molecule is CCCCSCCC(=O)NC1CCCC1(C)CO. The van der Waals surface area contributed by atoms with E-state index < -0.39 is 0 Å². The van der Waals surface area contributed by atoms with Crippen molar-refractivity contribution in [1.82, 2.24) is 5.32 Å². The largest absolute Gasteiger partial charge is 0.396 e. The van der Waals surface area contributed by atoms with Crippen LogP contribution in [0.3, 0.4) is 0 Å². The molecule has 1 fully saturated rings. The van der Waals surface area contributed by atoms with E-state index in [9.17, 15) is 9.90 Å². The summed E-state index contributed by atoms with van der Waals surface area (Å²) in [4.78, 5) is 11.8. The first-order chi connectivity index (χ1) is 8.62. The summed E-state index contributed by atoms with van der Waals surface area (Å²) in [7, 11) is 0. The number of carbonyl (C=O) groups is 1. The molecule has 2 unspecified atom stereocenters. The van der Waals surface area contributed by atoms with Crippen molar-refractivity contribution in [3.63, 3.8) is 0 Å². The molecule has 0 aromatic carbocycles. The van der Waals surface area contributed by atoms with Gasteiger partial charge in [-0.1, -0.05) is 26.7 Å². The minimum absolute atomic E-state index is 0.106. The first-order valence-electron chi connectivity index (χ1n) is 7.10. The van der Waals surface area contributed by atoms with Gasteiger partial charge in [0.15, 0.2) is 0 Å². The predicted molar refractivity (Wildman–Crippen MR) is 77.8 cm³/mol. The molecular formula is C14H27NO2S. The van der Waals surface area contributed by atoms with E-state index in [4.69, 9.17) is 0 Å². The normalized spacial score (nSPS) is 27.4. The van der Waals surface area contributed by atoms with Crippen LogP contribution in [0.15, 0.2) is 0 Å². The highest BCUT2D eigenvalue weighted by Gasteiger charge is 2.38. The number of carbonyl (C=O) groups excluding carboxylic acids is 1. The molecule has 1 aliphatic rings. The third-order valence-corrected chi connectivity index (χ3v) is 4.96. The van der Waals surface area contributed by atoms with Crippen LogP contribution in [0.4, 0.5) is 0 Å². The molecule has 0 aromatic heterocycles. The van der Waals surface area contributed by atoms with E-state index in [0.29, 0.717) is 6.42 Å².